The number of nitrogens with one attached hydrogen (secondary N) is 1. The van der Waals surface area contributed by atoms with Gasteiger partial charge in [0.25, 0.3) is 0 Å². The van der Waals surface area contributed by atoms with Gasteiger partial charge in [0.2, 0.25) is 11.8 Å². The Balaban J connectivity index is 1.48. The van der Waals surface area contributed by atoms with Crippen LogP contribution in [0.3, 0.4) is 0 Å². The lowest BCUT2D eigenvalue weighted by Crippen LogP contribution is -2.57. The number of piperazine rings is 1. The van der Waals surface area contributed by atoms with E-state index < -0.39 is 0 Å². The van der Waals surface area contributed by atoms with Gasteiger partial charge in [-0.3, -0.25) is 9.59 Å². The second-order valence-corrected chi connectivity index (χ2v) is 7.32. The summed E-state index contributed by atoms with van der Waals surface area (Å²) in [6.45, 7) is 7.87. The summed E-state index contributed by atoms with van der Waals surface area (Å²) in [5.41, 5.74) is 2.32. The van der Waals surface area contributed by atoms with Gasteiger partial charge in [0.1, 0.15) is 5.75 Å². The average Bonchev–Trinajstić information content (AvgIpc) is 2.61. The summed E-state index contributed by atoms with van der Waals surface area (Å²) in [6, 6.07) is 6.24. The van der Waals surface area contributed by atoms with Crippen molar-refractivity contribution in [2.75, 3.05) is 39.3 Å². The molecule has 0 aliphatic carbocycles. The lowest BCUT2D eigenvalue weighted by molar-refractivity contribution is -0.140. The molecule has 2 fully saturated rings. The zero-order valence-electron chi connectivity index (χ0n) is 15.8. The van der Waals surface area contributed by atoms with E-state index in [1.165, 1.54) is 0 Å². The fraction of sp³-hybridized carbons (Fsp3) is 0.600. The fourth-order valence-electron chi connectivity index (χ4n) is 3.87. The monoisotopic (exact) mass is 359 g/mol. The van der Waals surface area contributed by atoms with Crippen LogP contribution in [0.1, 0.15) is 30.4 Å². The molecule has 6 nitrogen and oxygen atoms in total. The van der Waals surface area contributed by atoms with Crippen molar-refractivity contribution in [2.24, 2.45) is 0 Å². The first-order chi connectivity index (χ1) is 12.5. The van der Waals surface area contributed by atoms with Gasteiger partial charge in [0.15, 0.2) is 0 Å². The molecule has 1 atom stereocenters. The number of likely N-dealkylation sites (tertiary alicyclic amines) is 1. The molecule has 0 spiro atoms. The van der Waals surface area contributed by atoms with Crippen molar-refractivity contribution >= 4 is 11.8 Å². The first-order valence-electron chi connectivity index (χ1n) is 9.52. The number of carbonyl (C=O) groups excluding carboxylic acids is 2. The second-order valence-electron chi connectivity index (χ2n) is 7.32. The number of carbonyl (C=O) groups is 2. The average molecular weight is 359 g/mol. The third kappa shape index (κ3) is 4.75. The molecule has 6 heteroatoms. The van der Waals surface area contributed by atoms with Crippen molar-refractivity contribution in [3.05, 3.63) is 29.3 Å². The smallest absolute Gasteiger partial charge is 0.236 e. The van der Waals surface area contributed by atoms with Crippen LogP contribution in [0.2, 0.25) is 0 Å². The van der Waals surface area contributed by atoms with Crippen LogP contribution >= 0.6 is 0 Å². The van der Waals surface area contributed by atoms with Crippen LogP contribution in [-0.2, 0) is 9.59 Å². The number of hydrogen-bond acceptors (Lipinski definition) is 4. The van der Waals surface area contributed by atoms with Crippen molar-refractivity contribution in [3.8, 4) is 5.75 Å². The van der Waals surface area contributed by atoms with Gasteiger partial charge in [-0.1, -0.05) is 6.07 Å². The van der Waals surface area contributed by atoms with E-state index in [0.717, 1.165) is 49.4 Å². The maximum absolute atomic E-state index is 12.6. The molecule has 1 unspecified atom stereocenters. The van der Waals surface area contributed by atoms with Crippen molar-refractivity contribution in [1.29, 1.82) is 0 Å². The summed E-state index contributed by atoms with van der Waals surface area (Å²) in [6.07, 6.45) is 2.30. The van der Waals surface area contributed by atoms with Gasteiger partial charge in [-0.25, -0.2) is 0 Å². The van der Waals surface area contributed by atoms with E-state index in [0.29, 0.717) is 26.1 Å². The molecule has 0 aromatic heterocycles. The van der Waals surface area contributed by atoms with E-state index in [1.807, 2.05) is 35.8 Å². The molecule has 2 heterocycles. The van der Waals surface area contributed by atoms with Gasteiger partial charge in [-0.15, -0.1) is 0 Å². The molecule has 0 saturated carbocycles. The Hall–Kier alpha value is -2.08. The van der Waals surface area contributed by atoms with Gasteiger partial charge < -0.3 is 19.9 Å². The zero-order chi connectivity index (χ0) is 18.5. The van der Waals surface area contributed by atoms with Crippen molar-refractivity contribution in [1.82, 2.24) is 15.1 Å². The van der Waals surface area contributed by atoms with Crippen molar-refractivity contribution in [3.63, 3.8) is 0 Å². The Morgan fingerprint density at radius 2 is 2.00 bits per heavy atom. The Morgan fingerprint density at radius 3 is 2.73 bits per heavy atom. The van der Waals surface area contributed by atoms with E-state index in [2.05, 4.69) is 11.4 Å². The molecule has 2 aliphatic heterocycles. The molecule has 0 bridgehead atoms. The quantitative estimate of drug-likeness (QED) is 0.865. The van der Waals surface area contributed by atoms with Gasteiger partial charge in [-0.05, 0) is 49.9 Å². The largest absolute Gasteiger partial charge is 0.493 e. The van der Waals surface area contributed by atoms with E-state index in [1.54, 1.807) is 0 Å². The number of amides is 2. The normalized spacial score (nSPS) is 21.0. The Kier molecular flexibility index (Phi) is 6.14. The number of rotatable bonds is 5. The van der Waals surface area contributed by atoms with Crippen molar-refractivity contribution < 1.29 is 14.3 Å². The highest BCUT2D eigenvalue weighted by Gasteiger charge is 2.31. The van der Waals surface area contributed by atoms with E-state index in [-0.39, 0.29) is 17.9 Å². The Labute approximate surface area is 155 Å². The molecule has 26 heavy (non-hydrogen) atoms. The lowest BCUT2D eigenvalue weighted by atomic mass is 10.0. The molecule has 2 saturated heterocycles. The predicted molar refractivity (Wildman–Crippen MR) is 100 cm³/mol. The molecular formula is C20H29N3O3. The van der Waals surface area contributed by atoms with Crippen LogP contribution in [0.25, 0.3) is 0 Å². The molecular weight excluding hydrogens is 330 g/mol. The minimum absolute atomic E-state index is 0.113. The number of aryl methyl sites for hydroxylation is 2. The minimum Gasteiger partial charge on any atom is -0.493 e. The highest BCUT2D eigenvalue weighted by atomic mass is 16.5. The topological polar surface area (TPSA) is 61.9 Å². The van der Waals surface area contributed by atoms with E-state index >= 15 is 0 Å². The zero-order valence-corrected chi connectivity index (χ0v) is 15.8. The van der Waals surface area contributed by atoms with Crippen LogP contribution in [-0.4, -0.2) is 67.0 Å². The molecule has 0 radical (unpaired) electrons. The van der Waals surface area contributed by atoms with E-state index in [9.17, 15) is 9.59 Å². The maximum Gasteiger partial charge on any atom is 0.236 e. The summed E-state index contributed by atoms with van der Waals surface area (Å²) in [7, 11) is 0. The number of ether oxygens (including phenoxy) is 1. The first kappa shape index (κ1) is 18.7. The van der Waals surface area contributed by atoms with Crippen LogP contribution in [0, 0.1) is 13.8 Å². The minimum atomic E-state index is 0.113. The molecule has 1 aromatic carbocycles. The molecule has 3 rings (SSSR count). The Bertz CT molecular complexity index is 641. The van der Waals surface area contributed by atoms with E-state index in [4.69, 9.17) is 4.74 Å². The van der Waals surface area contributed by atoms with Crippen LogP contribution in [0.15, 0.2) is 18.2 Å². The lowest BCUT2D eigenvalue weighted by Gasteiger charge is -2.41. The number of nitrogens with zero attached hydrogens (tertiary/aromatic N) is 2. The Morgan fingerprint density at radius 1 is 1.23 bits per heavy atom. The summed E-state index contributed by atoms with van der Waals surface area (Å²) in [5.74, 6) is 1.08. The fourth-order valence-corrected chi connectivity index (χ4v) is 3.87. The number of hydrogen-bond donors (Lipinski definition) is 1. The second kappa shape index (κ2) is 8.54. The molecule has 2 amide bonds. The standard InChI is InChI=1S/C20H29N3O3/c1-15-10-16(2)12-18(11-15)26-9-5-19(24)22-7-3-4-17(14-22)23-8-6-21-13-20(23)25/h10-12,17,21H,3-9,13-14H2,1-2H3. The van der Waals surface area contributed by atoms with Crippen LogP contribution in [0.5, 0.6) is 5.75 Å². The highest BCUT2D eigenvalue weighted by Crippen LogP contribution is 2.19. The third-order valence-electron chi connectivity index (χ3n) is 5.10. The maximum atomic E-state index is 12.6. The number of benzene rings is 1. The molecule has 1 aromatic rings. The predicted octanol–water partition coefficient (Wildman–Crippen LogP) is 1.50. The van der Waals surface area contributed by atoms with Gasteiger partial charge in [0, 0.05) is 32.2 Å². The SMILES string of the molecule is Cc1cc(C)cc(OCCC(=O)N2CCCC(N3CCNCC3=O)C2)c1. The number of piperidine rings is 1. The summed E-state index contributed by atoms with van der Waals surface area (Å²) in [4.78, 5) is 28.5. The van der Waals surface area contributed by atoms with Crippen LogP contribution < -0.4 is 10.1 Å². The molecule has 142 valence electrons. The van der Waals surface area contributed by atoms with Crippen molar-refractivity contribution in [2.45, 2.75) is 39.2 Å². The molecule has 1 N–H and O–H groups in total. The molecule has 2 aliphatic rings. The summed E-state index contributed by atoms with van der Waals surface area (Å²) < 4.78 is 5.77. The van der Waals surface area contributed by atoms with Gasteiger partial charge in [0.05, 0.1) is 19.6 Å². The third-order valence-corrected chi connectivity index (χ3v) is 5.10. The summed E-state index contributed by atoms with van der Waals surface area (Å²) in [5, 5.41) is 3.10. The first-order valence-corrected chi connectivity index (χ1v) is 9.52. The highest BCUT2D eigenvalue weighted by molar-refractivity contribution is 5.80. The van der Waals surface area contributed by atoms with Gasteiger partial charge >= 0.3 is 0 Å². The summed E-state index contributed by atoms with van der Waals surface area (Å²) >= 11 is 0. The van der Waals surface area contributed by atoms with Crippen LogP contribution in [0.4, 0.5) is 0 Å². The van der Waals surface area contributed by atoms with Gasteiger partial charge in [-0.2, -0.15) is 0 Å².